The Morgan fingerprint density at radius 3 is 2.66 bits per heavy atom. The summed E-state index contributed by atoms with van der Waals surface area (Å²) in [4.78, 5) is 16.3. The van der Waals surface area contributed by atoms with E-state index in [2.05, 4.69) is 10.3 Å². The number of aryl methyl sites for hydroxylation is 1. The number of halogens is 3. The van der Waals surface area contributed by atoms with Crippen molar-refractivity contribution in [2.24, 2.45) is 0 Å². The van der Waals surface area contributed by atoms with Gasteiger partial charge >= 0.3 is 6.18 Å². The van der Waals surface area contributed by atoms with E-state index in [-0.39, 0.29) is 11.1 Å². The lowest BCUT2D eigenvalue weighted by Crippen LogP contribution is -2.16. The summed E-state index contributed by atoms with van der Waals surface area (Å²) in [7, 11) is 0. The molecule has 3 rings (SSSR count). The van der Waals surface area contributed by atoms with Crippen molar-refractivity contribution in [1.29, 1.82) is 0 Å². The van der Waals surface area contributed by atoms with Crippen molar-refractivity contribution in [3.63, 3.8) is 0 Å². The summed E-state index contributed by atoms with van der Waals surface area (Å²) in [5, 5.41) is 3.84. The summed E-state index contributed by atoms with van der Waals surface area (Å²) in [5.41, 5.74) is 1.13. The number of hydrogen-bond donors (Lipinski definition) is 1. The van der Waals surface area contributed by atoms with Crippen LogP contribution in [-0.4, -0.2) is 10.7 Å². The van der Waals surface area contributed by atoms with Crippen LogP contribution >= 0.6 is 11.8 Å². The first-order chi connectivity index (χ1) is 13.6. The van der Waals surface area contributed by atoms with Crippen LogP contribution in [0.1, 0.15) is 42.3 Å². The second kappa shape index (κ2) is 8.10. The Labute approximate surface area is 170 Å². The molecule has 1 N–H and O–H groups in total. The van der Waals surface area contributed by atoms with Gasteiger partial charge in [-0.25, -0.2) is 4.98 Å². The highest BCUT2D eigenvalue weighted by Gasteiger charge is 2.35. The normalized spacial score (nSPS) is 12.9. The predicted molar refractivity (Wildman–Crippen MR) is 110 cm³/mol. The van der Waals surface area contributed by atoms with E-state index in [1.807, 2.05) is 19.9 Å². The molecule has 1 atom stereocenters. The van der Waals surface area contributed by atoms with Crippen LogP contribution in [0.25, 0.3) is 11.0 Å². The summed E-state index contributed by atoms with van der Waals surface area (Å²) in [6.45, 7) is 7.24. The number of nitrogens with zero attached hydrogens (tertiary/aromatic N) is 1. The number of anilines is 1. The van der Waals surface area contributed by atoms with E-state index in [4.69, 9.17) is 4.42 Å². The van der Waals surface area contributed by atoms with Gasteiger partial charge in [-0.2, -0.15) is 13.2 Å². The molecule has 0 aliphatic heterocycles. The molecule has 154 valence electrons. The summed E-state index contributed by atoms with van der Waals surface area (Å²) >= 11 is 1.42. The highest BCUT2D eigenvalue weighted by molar-refractivity contribution is 7.99. The van der Waals surface area contributed by atoms with Crippen molar-refractivity contribution in [2.75, 3.05) is 11.1 Å². The molecule has 1 unspecified atom stereocenters. The van der Waals surface area contributed by atoms with Gasteiger partial charge in [0.2, 0.25) is 0 Å². The van der Waals surface area contributed by atoms with E-state index in [9.17, 15) is 18.0 Å². The minimum absolute atomic E-state index is 0.125. The Hall–Kier alpha value is -2.48. The Balaban J connectivity index is 2.14. The second-order valence-corrected chi connectivity index (χ2v) is 8.01. The number of rotatable bonds is 5. The number of hydrogen-bond acceptors (Lipinski definition) is 5. The first-order valence-corrected chi connectivity index (χ1v) is 10.1. The Kier molecular flexibility index (Phi) is 5.93. The van der Waals surface area contributed by atoms with Crippen LogP contribution in [0.15, 0.2) is 44.8 Å². The maximum atomic E-state index is 13.3. The van der Waals surface area contributed by atoms with Crippen molar-refractivity contribution in [2.45, 2.75) is 45.0 Å². The smallest absolute Gasteiger partial charge is 0.435 e. The number of thioether (sulfide) groups is 1. The maximum absolute atomic E-state index is 13.3. The molecule has 3 aromatic rings. The average molecular weight is 422 g/mol. The molecular formula is C21H21F3N2O2S. The fourth-order valence-electron chi connectivity index (χ4n) is 3.20. The number of aromatic nitrogens is 1. The van der Waals surface area contributed by atoms with Gasteiger partial charge in [0.25, 0.3) is 0 Å². The average Bonchev–Trinajstić information content (AvgIpc) is 2.65. The summed E-state index contributed by atoms with van der Waals surface area (Å²) in [6, 6.07) is 5.80. The van der Waals surface area contributed by atoms with Gasteiger partial charge in [0.05, 0.1) is 17.1 Å². The maximum Gasteiger partial charge on any atom is 0.435 e. The van der Waals surface area contributed by atoms with Crippen LogP contribution in [0.3, 0.4) is 0 Å². The summed E-state index contributed by atoms with van der Waals surface area (Å²) in [6.07, 6.45) is -3.47. The van der Waals surface area contributed by atoms with Gasteiger partial charge in [0.1, 0.15) is 5.58 Å². The van der Waals surface area contributed by atoms with Crippen molar-refractivity contribution >= 4 is 28.4 Å². The molecule has 1 aromatic carbocycles. The lowest BCUT2D eigenvalue weighted by Gasteiger charge is -2.20. The van der Waals surface area contributed by atoms with Crippen molar-refractivity contribution < 1.29 is 17.6 Å². The number of alkyl halides is 3. The number of benzene rings is 1. The molecule has 0 spiro atoms. The molecule has 0 radical (unpaired) electrons. The molecular weight excluding hydrogens is 401 g/mol. The SMILES string of the molecule is CCSc1oc2c(C(C)Nc3cccnc3C(F)(F)F)cc(C)cc2c(=O)c1C. The van der Waals surface area contributed by atoms with Gasteiger partial charge in [-0.1, -0.05) is 24.8 Å². The quantitative estimate of drug-likeness (QED) is 0.503. The van der Waals surface area contributed by atoms with Gasteiger partial charge in [-0.3, -0.25) is 4.79 Å². The van der Waals surface area contributed by atoms with E-state index in [1.165, 1.54) is 23.9 Å². The van der Waals surface area contributed by atoms with Crippen LogP contribution in [0.2, 0.25) is 0 Å². The zero-order valence-corrected chi connectivity index (χ0v) is 17.3. The van der Waals surface area contributed by atoms with Crippen LogP contribution in [0.5, 0.6) is 0 Å². The fraction of sp³-hybridized carbons (Fsp3) is 0.333. The molecule has 2 heterocycles. The first-order valence-electron chi connectivity index (χ1n) is 9.13. The first kappa shape index (κ1) is 21.2. The van der Waals surface area contributed by atoms with Gasteiger partial charge in [0, 0.05) is 17.3 Å². The van der Waals surface area contributed by atoms with Gasteiger partial charge in [-0.05, 0) is 50.3 Å². The van der Waals surface area contributed by atoms with Crippen LogP contribution in [0.4, 0.5) is 18.9 Å². The third-order valence-corrected chi connectivity index (χ3v) is 5.48. The van der Waals surface area contributed by atoms with Gasteiger partial charge < -0.3 is 9.73 Å². The van der Waals surface area contributed by atoms with Crippen molar-refractivity contribution in [3.05, 3.63) is 63.1 Å². The zero-order valence-electron chi connectivity index (χ0n) is 16.5. The van der Waals surface area contributed by atoms with Gasteiger partial charge in [0.15, 0.2) is 16.2 Å². The molecule has 0 aliphatic carbocycles. The lowest BCUT2D eigenvalue weighted by molar-refractivity contribution is -0.140. The molecule has 4 nitrogen and oxygen atoms in total. The highest BCUT2D eigenvalue weighted by Crippen LogP contribution is 2.36. The molecule has 2 aromatic heterocycles. The molecule has 0 bridgehead atoms. The summed E-state index contributed by atoms with van der Waals surface area (Å²) < 4.78 is 45.9. The summed E-state index contributed by atoms with van der Waals surface area (Å²) in [5.74, 6) is 0.731. The van der Waals surface area contributed by atoms with E-state index < -0.39 is 17.9 Å². The van der Waals surface area contributed by atoms with Gasteiger partial charge in [-0.15, -0.1) is 0 Å². The zero-order chi connectivity index (χ0) is 21.3. The minimum atomic E-state index is -4.58. The molecule has 8 heteroatoms. The number of fused-ring (bicyclic) bond motifs is 1. The molecule has 0 saturated heterocycles. The fourth-order valence-corrected chi connectivity index (χ4v) is 3.91. The largest absolute Gasteiger partial charge is 0.449 e. The molecule has 0 saturated carbocycles. The predicted octanol–water partition coefficient (Wildman–Crippen LogP) is 6.11. The Morgan fingerprint density at radius 1 is 1.28 bits per heavy atom. The van der Waals surface area contributed by atoms with Crippen molar-refractivity contribution in [3.8, 4) is 0 Å². The van der Waals surface area contributed by atoms with E-state index in [0.717, 1.165) is 17.5 Å². The molecule has 0 fully saturated rings. The topological polar surface area (TPSA) is 55.1 Å². The molecule has 0 aliphatic rings. The van der Waals surface area contributed by atoms with E-state index in [1.54, 1.807) is 19.9 Å². The second-order valence-electron chi connectivity index (χ2n) is 6.77. The van der Waals surface area contributed by atoms with E-state index >= 15 is 0 Å². The van der Waals surface area contributed by atoms with Crippen molar-refractivity contribution in [1.82, 2.24) is 4.98 Å². The molecule has 0 amide bonds. The number of pyridine rings is 1. The monoisotopic (exact) mass is 422 g/mol. The third-order valence-electron chi connectivity index (χ3n) is 4.54. The van der Waals surface area contributed by atoms with Crippen LogP contribution < -0.4 is 10.7 Å². The standard InChI is InChI=1S/C21H21F3N2O2S/c1-5-29-20-12(3)17(27)15-10-11(2)9-14(18(15)28-20)13(4)26-16-7-6-8-25-19(16)21(22,23)24/h6-10,13,26H,5H2,1-4H3. The van der Waals surface area contributed by atoms with E-state index in [0.29, 0.717) is 27.2 Å². The Bertz CT molecular complexity index is 1110. The lowest BCUT2D eigenvalue weighted by atomic mass is 10.0. The minimum Gasteiger partial charge on any atom is -0.449 e. The van der Waals surface area contributed by atoms with Crippen LogP contribution in [0, 0.1) is 13.8 Å². The number of nitrogens with one attached hydrogen (secondary N) is 1. The third kappa shape index (κ3) is 4.27. The van der Waals surface area contributed by atoms with Crippen LogP contribution in [-0.2, 0) is 6.18 Å². The Morgan fingerprint density at radius 2 is 2.00 bits per heavy atom. The highest BCUT2D eigenvalue weighted by atomic mass is 32.2. The molecule has 29 heavy (non-hydrogen) atoms.